The summed E-state index contributed by atoms with van der Waals surface area (Å²) < 4.78 is 5.43. The second-order valence-corrected chi connectivity index (χ2v) is 8.96. The Kier molecular flexibility index (Phi) is 5.99. The van der Waals surface area contributed by atoms with Crippen molar-refractivity contribution in [1.82, 2.24) is 15.1 Å². The van der Waals surface area contributed by atoms with Crippen LogP contribution in [0.4, 0.5) is 10.5 Å². The second-order valence-electron chi connectivity index (χ2n) is 8.96. The topological polar surface area (TPSA) is 65.1 Å². The summed E-state index contributed by atoms with van der Waals surface area (Å²) in [5.41, 5.74) is 2.67. The largest absolute Gasteiger partial charge is 0.457 e. The first-order chi connectivity index (χ1) is 15.7. The maximum Gasteiger partial charge on any atom is 0.338 e. The van der Waals surface area contributed by atoms with E-state index in [1.165, 1.54) is 0 Å². The van der Waals surface area contributed by atoms with Crippen LogP contribution in [-0.4, -0.2) is 74.2 Å². The highest BCUT2D eigenvalue weighted by Crippen LogP contribution is 2.34. The average Bonchev–Trinajstić information content (AvgIpc) is 3.43. The number of hydrogen-bond acceptors (Lipinski definition) is 5. The molecule has 2 amide bonds. The Morgan fingerprint density at radius 3 is 2.16 bits per heavy atom. The number of rotatable bonds is 4. The van der Waals surface area contributed by atoms with Crippen LogP contribution in [0.25, 0.3) is 0 Å². The van der Waals surface area contributed by atoms with Crippen molar-refractivity contribution in [2.45, 2.75) is 6.61 Å². The lowest BCUT2D eigenvalue weighted by Gasteiger charge is -2.32. The molecule has 3 fully saturated rings. The van der Waals surface area contributed by atoms with Gasteiger partial charge in [-0.3, -0.25) is 0 Å². The summed E-state index contributed by atoms with van der Waals surface area (Å²) in [5, 5.41) is 3.30. The van der Waals surface area contributed by atoms with Gasteiger partial charge in [-0.25, -0.2) is 9.59 Å². The number of hydrogen-bond donors (Lipinski definition) is 1. The third-order valence-electron chi connectivity index (χ3n) is 6.83. The van der Waals surface area contributed by atoms with Gasteiger partial charge >= 0.3 is 12.0 Å². The number of nitrogens with zero attached hydrogens (tertiary/aromatic N) is 3. The van der Waals surface area contributed by atoms with E-state index in [1.807, 2.05) is 64.4 Å². The fourth-order valence-corrected chi connectivity index (χ4v) is 5.03. The first-order valence-corrected chi connectivity index (χ1v) is 11.5. The fraction of sp³-hybridized carbons (Fsp3) is 0.440. The van der Waals surface area contributed by atoms with E-state index in [2.05, 4.69) is 10.2 Å². The molecule has 3 saturated heterocycles. The zero-order chi connectivity index (χ0) is 21.9. The number of likely N-dealkylation sites (tertiary alicyclic amines) is 1. The van der Waals surface area contributed by atoms with E-state index >= 15 is 0 Å². The number of urea groups is 1. The molecule has 0 saturated carbocycles. The molecule has 168 valence electrons. The molecule has 7 nitrogen and oxygen atoms in total. The molecule has 0 radical (unpaired) electrons. The Labute approximate surface area is 188 Å². The van der Waals surface area contributed by atoms with Crippen LogP contribution in [0.2, 0.25) is 0 Å². The zero-order valence-electron chi connectivity index (χ0n) is 18.3. The first kappa shape index (κ1) is 20.8. The number of carbonyl (C=O) groups excluding carboxylic acids is 2. The van der Waals surface area contributed by atoms with Crippen LogP contribution in [0.1, 0.15) is 15.9 Å². The normalized spacial score (nSPS) is 22.7. The molecule has 2 unspecified atom stereocenters. The molecular weight excluding hydrogens is 404 g/mol. The maximum atomic E-state index is 12.8. The van der Waals surface area contributed by atoms with Crippen molar-refractivity contribution in [2.24, 2.45) is 11.8 Å². The van der Waals surface area contributed by atoms with Gasteiger partial charge in [0.1, 0.15) is 6.61 Å². The van der Waals surface area contributed by atoms with E-state index in [1.54, 1.807) is 0 Å². The number of anilines is 1. The molecule has 2 atom stereocenters. The summed E-state index contributed by atoms with van der Waals surface area (Å²) in [7, 11) is 0. The monoisotopic (exact) mass is 434 g/mol. The second kappa shape index (κ2) is 9.20. The number of ether oxygens (including phenoxy) is 1. The smallest absolute Gasteiger partial charge is 0.338 e. The van der Waals surface area contributed by atoms with E-state index < -0.39 is 0 Å². The highest BCUT2D eigenvalue weighted by molar-refractivity contribution is 5.89. The quantitative estimate of drug-likeness (QED) is 0.749. The number of fused-ring (bicyclic) bond motifs is 1. The Morgan fingerprint density at radius 2 is 1.50 bits per heavy atom. The Balaban J connectivity index is 1.13. The minimum absolute atomic E-state index is 0.200. The van der Waals surface area contributed by atoms with E-state index in [4.69, 9.17) is 4.74 Å². The van der Waals surface area contributed by atoms with Crippen molar-refractivity contribution >= 4 is 17.7 Å². The Bertz CT molecular complexity index is 929. The molecule has 0 aliphatic carbocycles. The summed E-state index contributed by atoms with van der Waals surface area (Å²) in [6.45, 7) is 7.24. The molecule has 1 N–H and O–H groups in total. The van der Waals surface area contributed by atoms with Crippen LogP contribution in [0, 0.1) is 11.8 Å². The Morgan fingerprint density at radius 1 is 0.844 bits per heavy atom. The van der Waals surface area contributed by atoms with Gasteiger partial charge in [-0.05, 0) is 29.8 Å². The van der Waals surface area contributed by atoms with Gasteiger partial charge in [0.2, 0.25) is 0 Å². The van der Waals surface area contributed by atoms with Crippen LogP contribution in [0.15, 0.2) is 54.6 Å². The van der Waals surface area contributed by atoms with Gasteiger partial charge in [-0.1, -0.05) is 30.3 Å². The summed E-state index contributed by atoms with van der Waals surface area (Å²) in [4.78, 5) is 31.6. The maximum absolute atomic E-state index is 12.8. The number of amides is 2. The van der Waals surface area contributed by atoms with Gasteiger partial charge in [0.05, 0.1) is 5.56 Å². The van der Waals surface area contributed by atoms with Crippen molar-refractivity contribution in [3.05, 3.63) is 65.7 Å². The summed E-state index contributed by atoms with van der Waals surface area (Å²) in [5.74, 6) is 0.718. The number of benzene rings is 2. The molecule has 7 heteroatoms. The molecule has 0 spiro atoms. The lowest BCUT2D eigenvalue weighted by atomic mass is 10.0. The number of esters is 1. The molecule has 2 aromatic rings. The van der Waals surface area contributed by atoms with Gasteiger partial charge in [-0.2, -0.15) is 0 Å². The Hall–Kier alpha value is -3.06. The lowest BCUT2D eigenvalue weighted by Crippen LogP contribution is -2.51. The minimum atomic E-state index is -0.305. The molecule has 0 bridgehead atoms. The average molecular weight is 435 g/mol. The lowest BCUT2D eigenvalue weighted by molar-refractivity contribution is 0.0472. The molecular formula is C25H30N4O3. The van der Waals surface area contributed by atoms with E-state index in [0.29, 0.717) is 17.4 Å². The summed E-state index contributed by atoms with van der Waals surface area (Å²) in [6, 6.07) is 17.6. The van der Waals surface area contributed by atoms with Crippen LogP contribution >= 0.6 is 0 Å². The van der Waals surface area contributed by atoms with Crippen molar-refractivity contribution in [3.63, 3.8) is 0 Å². The number of piperazine rings is 1. The zero-order valence-corrected chi connectivity index (χ0v) is 18.3. The van der Waals surface area contributed by atoms with Crippen molar-refractivity contribution in [2.75, 3.05) is 57.3 Å². The number of carbonyl (C=O) groups is 2. The van der Waals surface area contributed by atoms with Crippen molar-refractivity contribution in [3.8, 4) is 0 Å². The van der Waals surface area contributed by atoms with Gasteiger partial charge in [0, 0.05) is 69.9 Å². The van der Waals surface area contributed by atoms with Crippen molar-refractivity contribution in [1.29, 1.82) is 0 Å². The SMILES string of the molecule is O=C(OCc1ccccc1)c1ccc(N2CC3CN(C(=O)N4CCNCC4)CC3C2)cc1. The highest BCUT2D eigenvalue weighted by atomic mass is 16.5. The van der Waals surface area contributed by atoms with Crippen LogP contribution < -0.4 is 10.2 Å². The van der Waals surface area contributed by atoms with E-state index in [-0.39, 0.29) is 18.6 Å². The van der Waals surface area contributed by atoms with Gasteiger partial charge in [0.15, 0.2) is 0 Å². The van der Waals surface area contributed by atoms with Crippen LogP contribution in [0.3, 0.4) is 0 Å². The standard InChI is InChI=1S/C25H30N4O3/c30-24(32-18-19-4-2-1-3-5-19)20-6-8-23(9-7-20)28-14-21-16-29(17-22(21)15-28)25(31)27-12-10-26-11-13-27/h1-9,21-22,26H,10-18H2. The fourth-order valence-electron chi connectivity index (χ4n) is 5.03. The summed E-state index contributed by atoms with van der Waals surface area (Å²) in [6.07, 6.45) is 0. The van der Waals surface area contributed by atoms with Crippen LogP contribution in [0.5, 0.6) is 0 Å². The predicted octanol–water partition coefficient (Wildman–Crippen LogP) is 2.44. The molecule has 3 heterocycles. The summed E-state index contributed by atoms with van der Waals surface area (Å²) >= 11 is 0. The van der Waals surface area contributed by atoms with Gasteiger partial charge < -0.3 is 24.8 Å². The molecule has 3 aliphatic heterocycles. The third kappa shape index (κ3) is 4.43. The van der Waals surface area contributed by atoms with Crippen molar-refractivity contribution < 1.29 is 14.3 Å². The first-order valence-electron chi connectivity index (χ1n) is 11.5. The van der Waals surface area contributed by atoms with Gasteiger partial charge in [-0.15, -0.1) is 0 Å². The molecule has 2 aromatic carbocycles. The van der Waals surface area contributed by atoms with Crippen LogP contribution in [-0.2, 0) is 11.3 Å². The predicted molar refractivity (Wildman–Crippen MR) is 123 cm³/mol. The third-order valence-corrected chi connectivity index (χ3v) is 6.83. The molecule has 32 heavy (non-hydrogen) atoms. The van der Waals surface area contributed by atoms with E-state index in [9.17, 15) is 9.59 Å². The number of nitrogens with one attached hydrogen (secondary N) is 1. The van der Waals surface area contributed by atoms with E-state index in [0.717, 1.165) is 63.6 Å². The molecule has 5 rings (SSSR count). The highest BCUT2D eigenvalue weighted by Gasteiger charge is 2.42. The minimum Gasteiger partial charge on any atom is -0.457 e. The molecule has 0 aromatic heterocycles. The van der Waals surface area contributed by atoms with Gasteiger partial charge in [0.25, 0.3) is 0 Å². The molecule has 3 aliphatic rings.